The van der Waals surface area contributed by atoms with Gasteiger partial charge in [0, 0.05) is 23.4 Å². The summed E-state index contributed by atoms with van der Waals surface area (Å²) >= 11 is 0. The molecule has 1 fully saturated rings. The number of hydrogen-bond donors (Lipinski definition) is 4. The predicted molar refractivity (Wildman–Crippen MR) is 73.9 cm³/mol. The molecule has 0 bridgehead atoms. The van der Waals surface area contributed by atoms with Crippen LogP contribution in [0.4, 0.5) is 0 Å². The number of hydrogen-bond acceptors (Lipinski definition) is 5. The SMILES string of the molecule is CC1(C)CC(=O)c2cc([C@@H]3OC[C@@H](O)[C@H](O)[C@@H]3O)[nH]c2C1. The van der Waals surface area contributed by atoms with E-state index in [1.807, 2.05) is 13.8 Å². The summed E-state index contributed by atoms with van der Waals surface area (Å²) in [5.74, 6) is 0.0784. The zero-order valence-corrected chi connectivity index (χ0v) is 12.2. The van der Waals surface area contributed by atoms with Gasteiger partial charge in [0.15, 0.2) is 5.78 Å². The first-order chi connectivity index (χ1) is 9.78. The van der Waals surface area contributed by atoms with Crippen LogP contribution in [0.15, 0.2) is 6.07 Å². The molecule has 3 rings (SSSR count). The third-order valence-electron chi connectivity index (χ3n) is 4.32. The quantitative estimate of drug-likeness (QED) is 0.598. The second-order valence-corrected chi connectivity index (χ2v) is 6.86. The van der Waals surface area contributed by atoms with Gasteiger partial charge in [0.05, 0.1) is 6.61 Å². The Labute approximate surface area is 122 Å². The van der Waals surface area contributed by atoms with E-state index in [9.17, 15) is 20.1 Å². The highest BCUT2D eigenvalue weighted by Crippen LogP contribution is 2.37. The average Bonchev–Trinajstić information content (AvgIpc) is 2.78. The number of Topliss-reactive ketones (excluding diaryl/α,β-unsaturated/α-hetero) is 1. The van der Waals surface area contributed by atoms with Crippen molar-refractivity contribution in [1.29, 1.82) is 0 Å². The fourth-order valence-electron chi connectivity index (χ4n) is 3.21. The molecular weight excluding hydrogens is 274 g/mol. The molecule has 1 aromatic rings. The van der Waals surface area contributed by atoms with Crippen LogP contribution in [-0.2, 0) is 11.2 Å². The summed E-state index contributed by atoms with van der Waals surface area (Å²) in [6.07, 6.45) is -3.09. The molecule has 6 heteroatoms. The van der Waals surface area contributed by atoms with Crippen LogP contribution in [0.3, 0.4) is 0 Å². The number of aliphatic hydroxyl groups is 3. The Morgan fingerprint density at radius 1 is 1.24 bits per heavy atom. The molecule has 0 radical (unpaired) electrons. The molecule has 2 heterocycles. The summed E-state index contributed by atoms with van der Waals surface area (Å²) in [4.78, 5) is 15.3. The van der Waals surface area contributed by atoms with Crippen LogP contribution in [0.2, 0.25) is 0 Å². The highest BCUT2D eigenvalue weighted by Gasteiger charge is 2.40. The Morgan fingerprint density at radius 2 is 1.95 bits per heavy atom. The molecule has 2 aliphatic rings. The molecular formula is C15H21NO5. The van der Waals surface area contributed by atoms with Crippen LogP contribution in [-0.4, -0.2) is 51.0 Å². The highest BCUT2D eigenvalue weighted by atomic mass is 16.5. The van der Waals surface area contributed by atoms with E-state index in [0.717, 1.165) is 12.1 Å². The maximum atomic E-state index is 12.2. The van der Waals surface area contributed by atoms with E-state index in [0.29, 0.717) is 17.7 Å². The molecule has 1 saturated heterocycles. The van der Waals surface area contributed by atoms with Gasteiger partial charge >= 0.3 is 0 Å². The summed E-state index contributed by atoms with van der Waals surface area (Å²) in [6.45, 7) is 4.03. The number of nitrogens with one attached hydrogen (secondary N) is 1. The zero-order valence-electron chi connectivity index (χ0n) is 12.2. The van der Waals surface area contributed by atoms with Gasteiger partial charge in [0.2, 0.25) is 0 Å². The van der Waals surface area contributed by atoms with Crippen molar-refractivity contribution in [2.75, 3.05) is 6.61 Å². The zero-order chi connectivity index (χ0) is 15.4. The van der Waals surface area contributed by atoms with Gasteiger partial charge in [-0.25, -0.2) is 0 Å². The lowest BCUT2D eigenvalue weighted by Gasteiger charge is -2.34. The van der Waals surface area contributed by atoms with Crippen molar-refractivity contribution in [3.8, 4) is 0 Å². The molecule has 0 amide bonds. The number of fused-ring (bicyclic) bond motifs is 1. The molecule has 1 aromatic heterocycles. The molecule has 0 unspecified atom stereocenters. The van der Waals surface area contributed by atoms with Crippen molar-refractivity contribution < 1.29 is 24.9 Å². The third-order valence-corrected chi connectivity index (χ3v) is 4.32. The Hall–Kier alpha value is -1.21. The predicted octanol–water partition coefficient (Wildman–Crippen LogP) is 0.324. The molecule has 1 aliphatic heterocycles. The third kappa shape index (κ3) is 2.53. The van der Waals surface area contributed by atoms with Crippen molar-refractivity contribution in [3.63, 3.8) is 0 Å². The van der Waals surface area contributed by atoms with Crippen LogP contribution in [0, 0.1) is 5.41 Å². The van der Waals surface area contributed by atoms with Crippen molar-refractivity contribution >= 4 is 5.78 Å². The van der Waals surface area contributed by atoms with E-state index >= 15 is 0 Å². The van der Waals surface area contributed by atoms with E-state index in [4.69, 9.17) is 4.74 Å². The van der Waals surface area contributed by atoms with E-state index < -0.39 is 24.4 Å². The number of aromatic nitrogens is 1. The van der Waals surface area contributed by atoms with E-state index in [1.54, 1.807) is 6.07 Å². The van der Waals surface area contributed by atoms with Gasteiger partial charge in [-0.15, -0.1) is 0 Å². The summed E-state index contributed by atoms with van der Waals surface area (Å²) in [5.41, 5.74) is 1.97. The minimum absolute atomic E-state index is 0.0496. The highest BCUT2D eigenvalue weighted by molar-refractivity contribution is 5.99. The van der Waals surface area contributed by atoms with Crippen LogP contribution < -0.4 is 0 Å². The number of carbonyl (C=O) groups is 1. The molecule has 4 atom stereocenters. The summed E-state index contributed by atoms with van der Waals surface area (Å²) < 4.78 is 5.42. The number of ketones is 1. The number of carbonyl (C=O) groups excluding carboxylic acids is 1. The lowest BCUT2D eigenvalue weighted by molar-refractivity contribution is -0.190. The summed E-state index contributed by atoms with van der Waals surface area (Å²) in [6, 6.07) is 1.70. The molecule has 6 nitrogen and oxygen atoms in total. The second-order valence-electron chi connectivity index (χ2n) is 6.86. The summed E-state index contributed by atoms with van der Waals surface area (Å²) in [5, 5.41) is 29.3. The Balaban J connectivity index is 1.90. The number of rotatable bonds is 1. The van der Waals surface area contributed by atoms with Crippen molar-refractivity contribution in [2.45, 2.75) is 51.1 Å². The van der Waals surface area contributed by atoms with Gasteiger partial charge in [-0.1, -0.05) is 13.8 Å². The Kier molecular flexibility index (Phi) is 3.44. The smallest absolute Gasteiger partial charge is 0.165 e. The lowest BCUT2D eigenvalue weighted by atomic mass is 9.76. The van der Waals surface area contributed by atoms with Gasteiger partial charge < -0.3 is 25.0 Å². The normalized spacial score (nSPS) is 35.6. The molecule has 0 aromatic carbocycles. The van der Waals surface area contributed by atoms with E-state index in [1.165, 1.54) is 0 Å². The van der Waals surface area contributed by atoms with Crippen molar-refractivity contribution in [2.24, 2.45) is 5.41 Å². The monoisotopic (exact) mass is 295 g/mol. The Morgan fingerprint density at radius 3 is 2.67 bits per heavy atom. The maximum Gasteiger partial charge on any atom is 0.165 e. The first-order valence-electron chi connectivity index (χ1n) is 7.19. The van der Waals surface area contributed by atoms with Crippen LogP contribution in [0.1, 0.15) is 48.1 Å². The van der Waals surface area contributed by atoms with Crippen molar-refractivity contribution in [3.05, 3.63) is 23.0 Å². The fourth-order valence-corrected chi connectivity index (χ4v) is 3.21. The number of ether oxygens (including phenoxy) is 1. The number of H-pyrrole nitrogens is 1. The topological polar surface area (TPSA) is 103 Å². The van der Waals surface area contributed by atoms with Crippen LogP contribution in [0.5, 0.6) is 0 Å². The van der Waals surface area contributed by atoms with Gasteiger partial charge in [-0.3, -0.25) is 4.79 Å². The van der Waals surface area contributed by atoms with Crippen molar-refractivity contribution in [1.82, 2.24) is 4.98 Å². The molecule has 21 heavy (non-hydrogen) atoms. The largest absolute Gasteiger partial charge is 0.388 e. The molecule has 116 valence electrons. The minimum Gasteiger partial charge on any atom is -0.388 e. The van der Waals surface area contributed by atoms with E-state index in [-0.39, 0.29) is 17.8 Å². The number of aromatic amines is 1. The van der Waals surface area contributed by atoms with Crippen LogP contribution >= 0.6 is 0 Å². The van der Waals surface area contributed by atoms with Gasteiger partial charge in [0.25, 0.3) is 0 Å². The lowest BCUT2D eigenvalue weighted by Crippen LogP contribution is -2.49. The minimum atomic E-state index is -1.25. The molecule has 4 N–H and O–H groups in total. The van der Waals surface area contributed by atoms with Crippen LogP contribution in [0.25, 0.3) is 0 Å². The first-order valence-corrected chi connectivity index (χ1v) is 7.19. The fraction of sp³-hybridized carbons (Fsp3) is 0.667. The second kappa shape index (κ2) is 4.91. The first kappa shape index (κ1) is 14.7. The Bertz CT molecular complexity index is 564. The standard InChI is InChI=1S/C15H21NO5/c1-15(2)4-9-7(10(17)5-15)3-8(16-9)14-13(20)12(19)11(18)6-21-14/h3,11-14,16,18-20H,4-6H2,1-2H3/t11-,12+,13+,14+/m1/s1. The van der Waals surface area contributed by atoms with Gasteiger partial charge in [0.1, 0.15) is 24.4 Å². The molecule has 1 aliphatic carbocycles. The maximum absolute atomic E-state index is 12.2. The molecule has 0 spiro atoms. The van der Waals surface area contributed by atoms with E-state index in [2.05, 4.69) is 4.98 Å². The number of aliphatic hydroxyl groups excluding tert-OH is 3. The van der Waals surface area contributed by atoms with Gasteiger partial charge in [-0.2, -0.15) is 0 Å². The average molecular weight is 295 g/mol. The molecule has 0 saturated carbocycles. The summed E-state index contributed by atoms with van der Waals surface area (Å²) in [7, 11) is 0. The van der Waals surface area contributed by atoms with Gasteiger partial charge in [-0.05, 0) is 17.9 Å².